The van der Waals surface area contributed by atoms with Crippen molar-refractivity contribution >= 4 is 5.78 Å². The van der Waals surface area contributed by atoms with Crippen LogP contribution in [0.2, 0.25) is 0 Å². The lowest BCUT2D eigenvalue weighted by molar-refractivity contribution is -0.115. The van der Waals surface area contributed by atoms with Crippen molar-refractivity contribution in [3.8, 4) is 0 Å². The fourth-order valence-electron chi connectivity index (χ4n) is 5.30. The molecule has 0 bridgehead atoms. The predicted molar refractivity (Wildman–Crippen MR) is 140 cm³/mol. The Hall–Kier alpha value is -1.97. The number of rotatable bonds is 9. The fraction of sp³-hybridized carbons (Fsp3) is 0.567. The molecule has 3 rings (SSSR count). The molecule has 2 aliphatic heterocycles. The van der Waals surface area contributed by atoms with E-state index in [4.69, 9.17) is 0 Å². The normalized spacial score (nSPS) is 19.9. The van der Waals surface area contributed by atoms with Crippen molar-refractivity contribution in [2.75, 3.05) is 33.2 Å². The molecule has 0 saturated carbocycles. The molecule has 0 spiro atoms. The Morgan fingerprint density at radius 2 is 1.94 bits per heavy atom. The first kappa shape index (κ1) is 25.6. The Kier molecular flexibility index (Phi) is 10.1. The average molecular weight is 449 g/mol. The van der Waals surface area contributed by atoms with Crippen molar-refractivity contribution in [1.29, 1.82) is 0 Å². The van der Waals surface area contributed by atoms with E-state index in [2.05, 4.69) is 67.1 Å². The third-order valence-electron chi connectivity index (χ3n) is 7.35. The molecule has 1 fully saturated rings. The van der Waals surface area contributed by atoms with E-state index in [1.165, 1.54) is 61.0 Å². The number of likely N-dealkylation sites (tertiary alicyclic amines) is 1. The highest BCUT2D eigenvalue weighted by molar-refractivity contribution is 5.97. The molecule has 33 heavy (non-hydrogen) atoms. The highest BCUT2D eigenvalue weighted by Gasteiger charge is 2.19. The summed E-state index contributed by atoms with van der Waals surface area (Å²) in [5, 5.41) is 0. The summed E-state index contributed by atoms with van der Waals surface area (Å²) < 4.78 is 0. The van der Waals surface area contributed by atoms with Gasteiger partial charge in [0.05, 0.1) is 0 Å². The number of benzene rings is 1. The summed E-state index contributed by atoms with van der Waals surface area (Å²) in [6.07, 6.45) is 13.9. The number of piperidine rings is 1. The van der Waals surface area contributed by atoms with Crippen LogP contribution in [0.3, 0.4) is 0 Å². The second kappa shape index (κ2) is 13.1. The topological polar surface area (TPSA) is 23.6 Å². The first-order valence-corrected chi connectivity index (χ1v) is 13.0. The van der Waals surface area contributed by atoms with Crippen LogP contribution < -0.4 is 0 Å². The summed E-state index contributed by atoms with van der Waals surface area (Å²) in [6, 6.07) is 8.87. The minimum absolute atomic E-state index is 0.301. The lowest BCUT2D eigenvalue weighted by atomic mass is 9.90. The zero-order valence-electron chi connectivity index (χ0n) is 21.4. The average Bonchev–Trinajstić information content (AvgIpc) is 2.95. The number of allylic oxidation sites excluding steroid dienone is 5. The highest BCUT2D eigenvalue weighted by atomic mass is 16.1. The minimum Gasteiger partial charge on any atom is -0.302 e. The Labute approximate surface area is 202 Å². The molecule has 180 valence electrons. The maximum atomic E-state index is 12.8. The molecule has 0 aliphatic carbocycles. The van der Waals surface area contributed by atoms with Gasteiger partial charge in [-0.15, -0.1) is 0 Å². The Balaban J connectivity index is 1.39. The van der Waals surface area contributed by atoms with Crippen LogP contribution in [-0.4, -0.2) is 48.8 Å². The SMILES string of the molecule is C/C=C(\C=C/C1=C(C)CN(C)CCC1)C(=O)CCCC1CCN(Cc2cccc(C)c2)CC1. The number of hydrogen-bond donors (Lipinski definition) is 0. The number of hydrogen-bond acceptors (Lipinski definition) is 3. The van der Waals surface area contributed by atoms with E-state index in [9.17, 15) is 4.79 Å². The molecule has 0 unspecified atom stereocenters. The van der Waals surface area contributed by atoms with Crippen LogP contribution in [0.4, 0.5) is 0 Å². The van der Waals surface area contributed by atoms with Crippen molar-refractivity contribution in [3.63, 3.8) is 0 Å². The monoisotopic (exact) mass is 448 g/mol. The van der Waals surface area contributed by atoms with E-state index in [0.29, 0.717) is 12.2 Å². The second-order valence-corrected chi connectivity index (χ2v) is 10.2. The molecular formula is C30H44N2O. The number of ketones is 1. The van der Waals surface area contributed by atoms with Crippen molar-refractivity contribution < 1.29 is 4.79 Å². The molecule has 3 nitrogen and oxygen atoms in total. The van der Waals surface area contributed by atoms with E-state index in [0.717, 1.165) is 44.0 Å². The smallest absolute Gasteiger partial charge is 0.162 e. The number of aryl methyl sites for hydroxylation is 1. The first-order chi connectivity index (χ1) is 15.9. The van der Waals surface area contributed by atoms with Crippen LogP contribution in [0.5, 0.6) is 0 Å². The van der Waals surface area contributed by atoms with Gasteiger partial charge < -0.3 is 4.90 Å². The molecule has 1 aromatic carbocycles. The van der Waals surface area contributed by atoms with Crippen LogP contribution >= 0.6 is 0 Å². The summed E-state index contributed by atoms with van der Waals surface area (Å²) in [5.74, 6) is 1.07. The van der Waals surface area contributed by atoms with Crippen LogP contribution in [0.25, 0.3) is 0 Å². The number of likely N-dealkylation sites (N-methyl/N-ethyl adjacent to an activating group) is 1. The second-order valence-electron chi connectivity index (χ2n) is 10.2. The Morgan fingerprint density at radius 3 is 2.67 bits per heavy atom. The largest absolute Gasteiger partial charge is 0.302 e. The lowest BCUT2D eigenvalue weighted by Gasteiger charge is -2.32. The molecule has 0 N–H and O–H groups in total. The molecule has 0 amide bonds. The number of carbonyl (C=O) groups is 1. The predicted octanol–water partition coefficient (Wildman–Crippen LogP) is 6.49. The molecule has 1 saturated heterocycles. The van der Waals surface area contributed by atoms with Crippen molar-refractivity contribution in [2.45, 2.75) is 72.3 Å². The fourth-order valence-corrected chi connectivity index (χ4v) is 5.30. The van der Waals surface area contributed by atoms with Gasteiger partial charge in [-0.3, -0.25) is 9.69 Å². The van der Waals surface area contributed by atoms with Crippen LogP contribution in [0.1, 0.15) is 69.9 Å². The molecule has 0 atom stereocenters. The van der Waals surface area contributed by atoms with E-state index in [1.807, 2.05) is 13.0 Å². The van der Waals surface area contributed by atoms with Gasteiger partial charge in [0.1, 0.15) is 0 Å². The third kappa shape index (κ3) is 8.39. The molecule has 2 heterocycles. The molecule has 0 radical (unpaired) electrons. The zero-order chi connectivity index (χ0) is 23.6. The van der Waals surface area contributed by atoms with Gasteiger partial charge in [0.2, 0.25) is 0 Å². The van der Waals surface area contributed by atoms with Crippen molar-refractivity contribution in [2.24, 2.45) is 5.92 Å². The van der Waals surface area contributed by atoms with Crippen LogP contribution in [0.15, 0.2) is 59.2 Å². The first-order valence-electron chi connectivity index (χ1n) is 13.0. The lowest BCUT2D eigenvalue weighted by Crippen LogP contribution is -2.33. The summed E-state index contributed by atoms with van der Waals surface area (Å²) in [4.78, 5) is 17.8. The Morgan fingerprint density at radius 1 is 1.15 bits per heavy atom. The van der Waals surface area contributed by atoms with E-state index >= 15 is 0 Å². The van der Waals surface area contributed by atoms with Gasteiger partial charge in [-0.05, 0) is 103 Å². The van der Waals surface area contributed by atoms with Gasteiger partial charge in [0.25, 0.3) is 0 Å². The highest BCUT2D eigenvalue weighted by Crippen LogP contribution is 2.25. The van der Waals surface area contributed by atoms with Crippen LogP contribution in [-0.2, 0) is 11.3 Å². The van der Waals surface area contributed by atoms with Crippen LogP contribution in [0, 0.1) is 12.8 Å². The summed E-state index contributed by atoms with van der Waals surface area (Å²) in [6.45, 7) is 12.0. The molecular weight excluding hydrogens is 404 g/mol. The quantitative estimate of drug-likeness (QED) is 0.319. The minimum atomic E-state index is 0.301. The number of carbonyl (C=O) groups excluding carboxylic acids is 1. The number of nitrogens with zero attached hydrogens (tertiary/aromatic N) is 2. The van der Waals surface area contributed by atoms with Gasteiger partial charge in [0.15, 0.2) is 5.78 Å². The summed E-state index contributed by atoms with van der Waals surface area (Å²) >= 11 is 0. The number of Topliss-reactive ketones (excluding diaryl/α,β-unsaturated/α-hetero) is 1. The third-order valence-corrected chi connectivity index (χ3v) is 7.35. The van der Waals surface area contributed by atoms with Gasteiger partial charge in [0, 0.05) is 25.1 Å². The van der Waals surface area contributed by atoms with Gasteiger partial charge >= 0.3 is 0 Å². The summed E-state index contributed by atoms with van der Waals surface area (Å²) in [5.41, 5.74) is 6.48. The standard InChI is InChI=1S/C30H44N2O/c1-5-28(14-15-29-12-8-18-31(4)22-25(29)3)30(33)13-7-10-26-16-19-32(20-17-26)23-27-11-6-9-24(2)21-27/h5-6,9,11,14-15,21,26H,7-8,10,12-13,16-20,22-23H2,1-4H3/b15-14-,28-5+. The summed E-state index contributed by atoms with van der Waals surface area (Å²) in [7, 11) is 2.19. The van der Waals surface area contributed by atoms with E-state index in [1.54, 1.807) is 0 Å². The maximum absolute atomic E-state index is 12.8. The Bertz CT molecular complexity index is 871. The van der Waals surface area contributed by atoms with E-state index < -0.39 is 0 Å². The molecule has 2 aliphatic rings. The zero-order valence-corrected chi connectivity index (χ0v) is 21.4. The molecule has 1 aromatic rings. The van der Waals surface area contributed by atoms with Gasteiger partial charge in [-0.25, -0.2) is 0 Å². The van der Waals surface area contributed by atoms with Gasteiger partial charge in [-0.1, -0.05) is 53.6 Å². The van der Waals surface area contributed by atoms with Gasteiger partial charge in [-0.2, -0.15) is 0 Å². The van der Waals surface area contributed by atoms with E-state index in [-0.39, 0.29) is 0 Å². The molecule has 0 aromatic heterocycles. The van der Waals surface area contributed by atoms with Crippen molar-refractivity contribution in [3.05, 3.63) is 70.3 Å². The molecule has 3 heteroatoms. The van der Waals surface area contributed by atoms with Crippen molar-refractivity contribution in [1.82, 2.24) is 9.80 Å². The maximum Gasteiger partial charge on any atom is 0.162 e.